The second kappa shape index (κ2) is 12.1. The van der Waals surface area contributed by atoms with E-state index in [1.54, 1.807) is 36.5 Å². The van der Waals surface area contributed by atoms with E-state index in [9.17, 15) is 9.59 Å². The second-order valence-electron chi connectivity index (χ2n) is 8.54. The Morgan fingerprint density at radius 1 is 1.06 bits per heavy atom. The molecule has 1 aromatic carbocycles. The van der Waals surface area contributed by atoms with Crippen LogP contribution in [-0.4, -0.2) is 64.9 Å². The van der Waals surface area contributed by atoms with E-state index in [4.69, 9.17) is 4.74 Å². The molecule has 35 heavy (non-hydrogen) atoms. The molecule has 4 rings (SSSR count). The number of methoxy groups -OCH3 is 1. The first-order valence-electron chi connectivity index (χ1n) is 11.9. The maximum Gasteiger partial charge on any atom is 0.255 e. The summed E-state index contributed by atoms with van der Waals surface area (Å²) >= 11 is 0. The number of carbonyl (C=O) groups excluding carboxylic acids is 2. The number of hydrogen-bond acceptors (Lipinski definition) is 6. The Labute approximate surface area is 205 Å². The summed E-state index contributed by atoms with van der Waals surface area (Å²) in [5.41, 5.74) is 2.74. The lowest BCUT2D eigenvalue weighted by atomic mass is 10.00. The fraction of sp³-hybridized carbons (Fsp3) is 0.333. The summed E-state index contributed by atoms with van der Waals surface area (Å²) in [6, 6.07) is 17.5. The number of nitrogens with zero attached hydrogens (tertiary/aromatic N) is 4. The van der Waals surface area contributed by atoms with Gasteiger partial charge in [0.05, 0.1) is 12.7 Å². The number of benzene rings is 1. The van der Waals surface area contributed by atoms with Crippen molar-refractivity contribution in [1.82, 2.24) is 25.1 Å². The largest absolute Gasteiger partial charge is 0.481 e. The first kappa shape index (κ1) is 24.3. The van der Waals surface area contributed by atoms with Crippen molar-refractivity contribution in [2.24, 2.45) is 0 Å². The topological polar surface area (TPSA) is 87.7 Å². The highest BCUT2D eigenvalue weighted by atomic mass is 16.5. The summed E-state index contributed by atoms with van der Waals surface area (Å²) in [6.45, 7) is 2.84. The van der Waals surface area contributed by atoms with Crippen LogP contribution >= 0.6 is 0 Å². The molecule has 2 amide bonds. The third kappa shape index (κ3) is 6.64. The van der Waals surface area contributed by atoms with Crippen LogP contribution in [0, 0.1) is 0 Å². The normalized spacial score (nSPS) is 17.8. The molecule has 2 aromatic heterocycles. The van der Waals surface area contributed by atoms with E-state index in [1.165, 1.54) is 6.20 Å². The molecule has 1 aliphatic heterocycles. The van der Waals surface area contributed by atoms with E-state index in [0.29, 0.717) is 44.0 Å². The third-order valence-corrected chi connectivity index (χ3v) is 6.20. The van der Waals surface area contributed by atoms with Gasteiger partial charge in [-0.1, -0.05) is 30.3 Å². The summed E-state index contributed by atoms with van der Waals surface area (Å²) in [4.78, 5) is 38.5. The Hall–Kier alpha value is -3.78. The fourth-order valence-corrected chi connectivity index (χ4v) is 4.37. The maximum atomic E-state index is 13.2. The molecule has 0 aliphatic carbocycles. The predicted octanol–water partition coefficient (Wildman–Crippen LogP) is 3.08. The van der Waals surface area contributed by atoms with Gasteiger partial charge in [-0.25, -0.2) is 4.98 Å². The van der Waals surface area contributed by atoms with Crippen LogP contribution in [0.25, 0.3) is 0 Å². The van der Waals surface area contributed by atoms with Crippen molar-refractivity contribution in [1.29, 1.82) is 0 Å². The Morgan fingerprint density at radius 3 is 2.57 bits per heavy atom. The monoisotopic (exact) mass is 473 g/mol. The van der Waals surface area contributed by atoms with E-state index >= 15 is 0 Å². The molecule has 1 unspecified atom stereocenters. The minimum atomic E-state index is -0.103. The molecule has 0 spiro atoms. The van der Waals surface area contributed by atoms with Crippen LogP contribution < -0.4 is 10.1 Å². The quantitative estimate of drug-likeness (QED) is 0.613. The summed E-state index contributed by atoms with van der Waals surface area (Å²) in [5, 5.41) is 3.01. The Bertz CT molecular complexity index is 1090. The molecule has 8 heteroatoms. The highest BCUT2D eigenvalue weighted by molar-refractivity contribution is 5.94. The number of nitrogens with one attached hydrogen (secondary N) is 1. The zero-order valence-corrected chi connectivity index (χ0v) is 20.0. The van der Waals surface area contributed by atoms with Gasteiger partial charge in [0.2, 0.25) is 11.8 Å². The number of rotatable bonds is 5. The molecule has 1 fully saturated rings. The van der Waals surface area contributed by atoms with Crippen LogP contribution in [0.2, 0.25) is 0 Å². The van der Waals surface area contributed by atoms with E-state index < -0.39 is 0 Å². The van der Waals surface area contributed by atoms with Gasteiger partial charge in [-0.15, -0.1) is 0 Å². The zero-order chi connectivity index (χ0) is 24.5. The number of pyridine rings is 2. The summed E-state index contributed by atoms with van der Waals surface area (Å²) < 4.78 is 5.10. The average Bonchev–Trinajstić information content (AvgIpc) is 2.94. The first-order chi connectivity index (χ1) is 17.1. The molecule has 3 heterocycles. The molecule has 0 radical (unpaired) electrons. The summed E-state index contributed by atoms with van der Waals surface area (Å²) in [6.07, 6.45) is 6.24. The molecule has 1 N–H and O–H groups in total. The number of hydrogen-bond donors (Lipinski definition) is 1. The predicted molar refractivity (Wildman–Crippen MR) is 133 cm³/mol. The maximum absolute atomic E-state index is 13.2. The number of amides is 2. The minimum Gasteiger partial charge on any atom is -0.481 e. The molecule has 0 bridgehead atoms. The summed E-state index contributed by atoms with van der Waals surface area (Å²) in [7, 11) is 1.54. The zero-order valence-electron chi connectivity index (χ0n) is 20.0. The highest BCUT2D eigenvalue weighted by Crippen LogP contribution is 2.27. The lowest BCUT2D eigenvalue weighted by molar-refractivity contribution is -0.122. The summed E-state index contributed by atoms with van der Waals surface area (Å²) in [5.74, 6) is 0.331. The number of carbonyl (C=O) groups is 2. The first-order valence-corrected chi connectivity index (χ1v) is 11.9. The van der Waals surface area contributed by atoms with Gasteiger partial charge in [0.25, 0.3) is 5.91 Å². The lowest BCUT2D eigenvalue weighted by Crippen LogP contribution is -2.39. The number of aromatic nitrogens is 2. The van der Waals surface area contributed by atoms with Crippen LogP contribution in [0.3, 0.4) is 0 Å². The molecule has 1 aliphatic rings. The van der Waals surface area contributed by atoms with Gasteiger partial charge in [-0.05, 0) is 35.7 Å². The Balaban J connectivity index is 1.55. The number of ether oxygens (including phenoxy) is 1. The van der Waals surface area contributed by atoms with Crippen molar-refractivity contribution < 1.29 is 14.3 Å². The van der Waals surface area contributed by atoms with Crippen molar-refractivity contribution in [2.75, 3.05) is 33.3 Å². The highest BCUT2D eigenvalue weighted by Gasteiger charge is 2.25. The molecule has 182 valence electrons. The van der Waals surface area contributed by atoms with Crippen molar-refractivity contribution in [3.63, 3.8) is 0 Å². The van der Waals surface area contributed by atoms with Gasteiger partial charge < -0.3 is 15.0 Å². The van der Waals surface area contributed by atoms with Crippen molar-refractivity contribution >= 4 is 11.8 Å². The van der Waals surface area contributed by atoms with Crippen LogP contribution in [-0.2, 0) is 11.3 Å². The van der Waals surface area contributed by atoms with Gasteiger partial charge in [0.15, 0.2) is 0 Å². The van der Waals surface area contributed by atoms with Crippen molar-refractivity contribution in [2.45, 2.75) is 25.4 Å². The Morgan fingerprint density at radius 2 is 1.86 bits per heavy atom. The van der Waals surface area contributed by atoms with Crippen LogP contribution in [0.15, 0.2) is 73.2 Å². The second-order valence-corrected chi connectivity index (χ2v) is 8.54. The van der Waals surface area contributed by atoms with Crippen LogP contribution in [0.4, 0.5) is 0 Å². The van der Waals surface area contributed by atoms with E-state index in [-0.39, 0.29) is 17.9 Å². The fourth-order valence-electron chi connectivity index (χ4n) is 4.37. The molecular weight excluding hydrogens is 442 g/mol. The van der Waals surface area contributed by atoms with Crippen molar-refractivity contribution in [3.8, 4) is 5.88 Å². The van der Waals surface area contributed by atoms with Gasteiger partial charge in [0, 0.05) is 69.8 Å². The average molecular weight is 474 g/mol. The standard InChI is InChI=1S/C27H31N5O3/c1-35-26-9-8-23(19-30-26)27(34)31-15-5-16-32(20-21-10-12-28-13-11-21)24(18-25(33)29-14-17-31)22-6-3-2-4-7-22/h2-4,6-13,19,24H,5,14-18,20H2,1H3,(H,29,33). The molecule has 1 atom stereocenters. The third-order valence-electron chi connectivity index (χ3n) is 6.20. The van der Waals surface area contributed by atoms with Gasteiger partial charge in [-0.3, -0.25) is 19.5 Å². The van der Waals surface area contributed by atoms with Gasteiger partial charge in [-0.2, -0.15) is 0 Å². The lowest BCUT2D eigenvalue weighted by Gasteiger charge is -2.32. The minimum absolute atomic E-state index is 0.0287. The molecule has 1 saturated heterocycles. The van der Waals surface area contributed by atoms with Crippen LogP contribution in [0.1, 0.15) is 40.4 Å². The van der Waals surface area contributed by atoms with Gasteiger partial charge >= 0.3 is 0 Å². The molecule has 8 nitrogen and oxygen atoms in total. The SMILES string of the molecule is COc1ccc(C(=O)N2CCCN(Cc3ccncc3)C(c3ccccc3)CC(=O)NCC2)cn1. The van der Waals surface area contributed by atoms with Crippen molar-refractivity contribution in [3.05, 3.63) is 89.9 Å². The molecule has 0 saturated carbocycles. The Kier molecular flexibility index (Phi) is 8.40. The van der Waals surface area contributed by atoms with E-state index in [1.807, 2.05) is 30.3 Å². The smallest absolute Gasteiger partial charge is 0.255 e. The van der Waals surface area contributed by atoms with E-state index in [0.717, 1.165) is 24.1 Å². The van der Waals surface area contributed by atoms with Gasteiger partial charge in [0.1, 0.15) is 0 Å². The van der Waals surface area contributed by atoms with E-state index in [2.05, 4.69) is 32.3 Å². The molecular formula is C27H31N5O3. The molecule has 3 aromatic rings. The van der Waals surface area contributed by atoms with Crippen LogP contribution in [0.5, 0.6) is 5.88 Å².